The first-order chi connectivity index (χ1) is 15.0. The standard InChI is InChI=1S/C24H24N4O3/c1-17-11-12-21(13-18(17)2)26-23(29)16-31-22-10-6-7-19(14-22)15-25-28-24(30)27-20-8-4-3-5-9-20/h3-15H,16H2,1-2H3,(H,26,29)(H2,27,28,30). The third-order valence-electron chi connectivity index (χ3n) is 4.43. The average molecular weight is 416 g/mol. The van der Waals surface area contributed by atoms with E-state index in [1.54, 1.807) is 30.3 Å². The van der Waals surface area contributed by atoms with Crippen molar-refractivity contribution in [3.05, 3.63) is 89.5 Å². The number of hydrogen-bond acceptors (Lipinski definition) is 4. The molecule has 0 aliphatic rings. The zero-order chi connectivity index (χ0) is 22.1. The van der Waals surface area contributed by atoms with E-state index in [0.29, 0.717) is 17.0 Å². The maximum Gasteiger partial charge on any atom is 0.339 e. The Morgan fingerprint density at radius 3 is 2.45 bits per heavy atom. The highest BCUT2D eigenvalue weighted by atomic mass is 16.5. The first-order valence-electron chi connectivity index (χ1n) is 9.75. The van der Waals surface area contributed by atoms with Crippen molar-refractivity contribution in [3.63, 3.8) is 0 Å². The summed E-state index contributed by atoms with van der Waals surface area (Å²) in [6.45, 7) is 3.89. The number of benzene rings is 3. The van der Waals surface area contributed by atoms with Gasteiger partial charge >= 0.3 is 6.03 Å². The number of urea groups is 1. The van der Waals surface area contributed by atoms with Crippen molar-refractivity contribution in [2.24, 2.45) is 5.10 Å². The van der Waals surface area contributed by atoms with Crippen LogP contribution in [0.3, 0.4) is 0 Å². The predicted molar refractivity (Wildman–Crippen MR) is 123 cm³/mol. The van der Waals surface area contributed by atoms with Gasteiger partial charge in [0.05, 0.1) is 6.21 Å². The summed E-state index contributed by atoms with van der Waals surface area (Å²) in [4.78, 5) is 24.0. The summed E-state index contributed by atoms with van der Waals surface area (Å²) in [5, 5.41) is 9.41. The minimum absolute atomic E-state index is 0.120. The van der Waals surface area contributed by atoms with Gasteiger partial charge < -0.3 is 15.4 Å². The second-order valence-corrected chi connectivity index (χ2v) is 6.90. The van der Waals surface area contributed by atoms with E-state index in [0.717, 1.165) is 11.3 Å². The molecule has 0 heterocycles. The van der Waals surface area contributed by atoms with Crippen LogP contribution in [0.1, 0.15) is 16.7 Å². The van der Waals surface area contributed by atoms with E-state index >= 15 is 0 Å². The van der Waals surface area contributed by atoms with Gasteiger partial charge in [0.1, 0.15) is 5.75 Å². The Morgan fingerprint density at radius 1 is 0.871 bits per heavy atom. The number of amides is 3. The third-order valence-corrected chi connectivity index (χ3v) is 4.43. The van der Waals surface area contributed by atoms with Crippen LogP contribution in [0.15, 0.2) is 77.9 Å². The first-order valence-corrected chi connectivity index (χ1v) is 9.75. The minimum atomic E-state index is -0.446. The molecule has 0 aliphatic carbocycles. The maximum absolute atomic E-state index is 12.1. The van der Waals surface area contributed by atoms with Gasteiger partial charge in [-0.25, -0.2) is 10.2 Å². The summed E-state index contributed by atoms with van der Waals surface area (Å²) in [5.41, 5.74) is 6.79. The maximum atomic E-state index is 12.1. The van der Waals surface area contributed by atoms with Crippen molar-refractivity contribution >= 4 is 29.5 Å². The largest absolute Gasteiger partial charge is 0.484 e. The minimum Gasteiger partial charge on any atom is -0.484 e. The van der Waals surface area contributed by atoms with Crippen molar-refractivity contribution in [1.82, 2.24) is 5.43 Å². The molecule has 158 valence electrons. The number of hydrazone groups is 1. The van der Waals surface area contributed by atoms with Gasteiger partial charge in [0, 0.05) is 11.4 Å². The molecule has 0 aliphatic heterocycles. The number of nitrogens with zero attached hydrogens (tertiary/aromatic N) is 1. The van der Waals surface area contributed by atoms with Crippen molar-refractivity contribution in [2.75, 3.05) is 17.2 Å². The molecule has 3 rings (SSSR count). The van der Waals surface area contributed by atoms with E-state index in [1.165, 1.54) is 11.8 Å². The summed E-state index contributed by atoms with van der Waals surface area (Å²) in [6, 6.07) is 21.4. The number of rotatable bonds is 7. The van der Waals surface area contributed by atoms with E-state index < -0.39 is 6.03 Å². The lowest BCUT2D eigenvalue weighted by Gasteiger charge is -2.09. The quantitative estimate of drug-likeness (QED) is 0.392. The highest BCUT2D eigenvalue weighted by Gasteiger charge is 2.05. The second kappa shape index (κ2) is 10.6. The first kappa shape index (κ1) is 21.6. The zero-order valence-electron chi connectivity index (χ0n) is 17.4. The molecule has 0 spiro atoms. The number of carbonyl (C=O) groups excluding carboxylic acids is 2. The second-order valence-electron chi connectivity index (χ2n) is 6.90. The normalized spacial score (nSPS) is 10.5. The Balaban J connectivity index is 1.48. The van der Waals surface area contributed by atoms with Gasteiger partial charge in [-0.3, -0.25) is 4.79 Å². The van der Waals surface area contributed by atoms with Gasteiger partial charge in [-0.15, -0.1) is 0 Å². The van der Waals surface area contributed by atoms with Crippen molar-refractivity contribution in [2.45, 2.75) is 13.8 Å². The van der Waals surface area contributed by atoms with E-state index in [9.17, 15) is 9.59 Å². The van der Waals surface area contributed by atoms with Crippen molar-refractivity contribution < 1.29 is 14.3 Å². The fraction of sp³-hybridized carbons (Fsp3) is 0.125. The lowest BCUT2D eigenvalue weighted by atomic mass is 10.1. The highest BCUT2D eigenvalue weighted by molar-refractivity contribution is 5.92. The molecule has 7 heteroatoms. The van der Waals surface area contributed by atoms with Crippen LogP contribution < -0.4 is 20.8 Å². The van der Waals surface area contributed by atoms with E-state index in [1.807, 2.05) is 56.3 Å². The van der Waals surface area contributed by atoms with Crippen LogP contribution in [0, 0.1) is 13.8 Å². The lowest BCUT2D eigenvalue weighted by molar-refractivity contribution is -0.118. The summed E-state index contributed by atoms with van der Waals surface area (Å²) >= 11 is 0. The third kappa shape index (κ3) is 7.01. The van der Waals surface area contributed by atoms with Crippen LogP contribution in [0.25, 0.3) is 0 Å². The fourth-order valence-corrected chi connectivity index (χ4v) is 2.70. The number of aryl methyl sites for hydroxylation is 2. The monoisotopic (exact) mass is 416 g/mol. The molecule has 3 aromatic carbocycles. The van der Waals surface area contributed by atoms with Crippen LogP contribution in [0.4, 0.5) is 16.2 Å². The van der Waals surface area contributed by atoms with Gasteiger partial charge in [-0.1, -0.05) is 36.4 Å². The van der Waals surface area contributed by atoms with Crippen LogP contribution in [0.5, 0.6) is 5.75 Å². The Bertz CT molecular complexity index is 1080. The zero-order valence-corrected chi connectivity index (χ0v) is 17.4. The molecular formula is C24H24N4O3. The molecule has 0 atom stereocenters. The molecule has 0 unspecified atom stereocenters. The van der Waals surface area contributed by atoms with Gasteiger partial charge in [-0.2, -0.15) is 5.10 Å². The van der Waals surface area contributed by atoms with Crippen LogP contribution in [0.2, 0.25) is 0 Å². The van der Waals surface area contributed by atoms with Crippen LogP contribution in [-0.2, 0) is 4.79 Å². The molecular weight excluding hydrogens is 392 g/mol. The molecule has 7 nitrogen and oxygen atoms in total. The molecule has 3 aromatic rings. The molecule has 0 radical (unpaired) electrons. The number of hydrogen-bond donors (Lipinski definition) is 3. The summed E-state index contributed by atoms with van der Waals surface area (Å²) in [7, 11) is 0. The van der Waals surface area contributed by atoms with Crippen LogP contribution in [-0.4, -0.2) is 24.8 Å². The van der Waals surface area contributed by atoms with E-state index in [4.69, 9.17) is 4.74 Å². The number of carbonyl (C=O) groups is 2. The summed E-state index contributed by atoms with van der Waals surface area (Å²) in [6.07, 6.45) is 1.49. The Morgan fingerprint density at radius 2 is 1.68 bits per heavy atom. The van der Waals surface area contributed by atoms with Gasteiger partial charge in [-0.05, 0) is 66.9 Å². The molecule has 31 heavy (non-hydrogen) atoms. The Kier molecular flexibility index (Phi) is 7.37. The number of para-hydroxylation sites is 1. The number of nitrogens with one attached hydrogen (secondary N) is 3. The topological polar surface area (TPSA) is 91.8 Å². The molecule has 3 N–H and O–H groups in total. The molecule has 0 aromatic heterocycles. The number of ether oxygens (including phenoxy) is 1. The fourth-order valence-electron chi connectivity index (χ4n) is 2.70. The molecule has 0 saturated heterocycles. The summed E-state index contributed by atoms with van der Waals surface area (Å²) < 4.78 is 5.57. The smallest absolute Gasteiger partial charge is 0.339 e. The van der Waals surface area contributed by atoms with Crippen molar-refractivity contribution in [3.8, 4) is 5.75 Å². The predicted octanol–water partition coefficient (Wildman–Crippen LogP) is 4.48. The molecule has 3 amide bonds. The van der Waals surface area contributed by atoms with Gasteiger partial charge in [0.15, 0.2) is 6.61 Å². The SMILES string of the molecule is Cc1ccc(NC(=O)COc2cccc(C=NNC(=O)Nc3ccccc3)c2)cc1C. The Hall–Kier alpha value is -4.13. The van der Waals surface area contributed by atoms with Crippen LogP contribution >= 0.6 is 0 Å². The van der Waals surface area contributed by atoms with E-state index in [2.05, 4.69) is 21.2 Å². The van der Waals surface area contributed by atoms with Crippen molar-refractivity contribution in [1.29, 1.82) is 0 Å². The summed E-state index contributed by atoms with van der Waals surface area (Å²) in [5.74, 6) is 0.273. The molecule has 0 fully saturated rings. The molecule has 0 bridgehead atoms. The van der Waals surface area contributed by atoms with Gasteiger partial charge in [0.2, 0.25) is 0 Å². The average Bonchev–Trinajstić information content (AvgIpc) is 2.76. The highest BCUT2D eigenvalue weighted by Crippen LogP contribution is 2.15. The Labute approximate surface area is 181 Å². The molecule has 0 saturated carbocycles. The van der Waals surface area contributed by atoms with Gasteiger partial charge in [0.25, 0.3) is 5.91 Å². The van der Waals surface area contributed by atoms with E-state index in [-0.39, 0.29) is 12.5 Å². The lowest BCUT2D eigenvalue weighted by Crippen LogP contribution is -2.24. The number of anilines is 2.